The Morgan fingerprint density at radius 2 is 1.25 bits per heavy atom. The number of ether oxygens (including phenoxy) is 3. The zero-order valence-corrected chi connectivity index (χ0v) is 15.4. The van der Waals surface area contributed by atoms with Crippen molar-refractivity contribution < 1.29 is 34.2 Å². The van der Waals surface area contributed by atoms with E-state index in [1.165, 1.54) is 9.80 Å². The summed E-state index contributed by atoms with van der Waals surface area (Å²) >= 11 is 0. The molecular formula is C17H36N2O5+2. The molecule has 0 aliphatic carbocycles. The number of quaternary nitrogens is 2. The summed E-state index contributed by atoms with van der Waals surface area (Å²) in [6.45, 7) is 12.8. The number of hydrogen-bond acceptors (Lipinski definition) is 5. The highest BCUT2D eigenvalue weighted by atomic mass is 16.5. The lowest BCUT2D eigenvalue weighted by Crippen LogP contribution is -3.24. The molecule has 2 rings (SSSR count). The molecule has 2 aliphatic rings. The minimum Gasteiger partial charge on any atom is -0.382 e. The van der Waals surface area contributed by atoms with E-state index in [1.54, 1.807) is 0 Å². The van der Waals surface area contributed by atoms with Gasteiger partial charge in [-0.3, -0.25) is 0 Å². The number of nitrogens with one attached hydrogen (secondary N) is 2. The molecule has 142 valence electrons. The second-order valence-electron chi connectivity index (χ2n) is 7.54. The first-order valence-corrected chi connectivity index (χ1v) is 9.28. The Kier molecular flexibility index (Phi) is 8.36. The average Bonchev–Trinajstić information content (AvgIpc) is 2.49. The van der Waals surface area contributed by atoms with Crippen LogP contribution in [0.3, 0.4) is 0 Å². The van der Waals surface area contributed by atoms with Gasteiger partial charge in [0.05, 0.1) is 39.1 Å². The largest absolute Gasteiger partial charge is 0.382 e. The van der Waals surface area contributed by atoms with Gasteiger partial charge in [-0.1, -0.05) is 0 Å². The van der Waals surface area contributed by atoms with Crippen LogP contribution in [0.25, 0.3) is 0 Å². The highest BCUT2D eigenvalue weighted by molar-refractivity contribution is 4.63. The predicted molar refractivity (Wildman–Crippen MR) is 89.4 cm³/mol. The first-order valence-electron chi connectivity index (χ1n) is 9.28. The van der Waals surface area contributed by atoms with Crippen molar-refractivity contribution in [1.82, 2.24) is 0 Å². The normalized spacial score (nSPS) is 33.4. The van der Waals surface area contributed by atoms with Gasteiger partial charge in [0.25, 0.3) is 0 Å². The van der Waals surface area contributed by atoms with Gasteiger partial charge in [0.2, 0.25) is 0 Å². The van der Waals surface area contributed by atoms with Crippen LogP contribution >= 0.6 is 0 Å². The van der Waals surface area contributed by atoms with Gasteiger partial charge in [-0.15, -0.1) is 0 Å². The van der Waals surface area contributed by atoms with Crippen molar-refractivity contribution in [3.63, 3.8) is 0 Å². The van der Waals surface area contributed by atoms with E-state index in [2.05, 4.69) is 13.8 Å². The summed E-state index contributed by atoms with van der Waals surface area (Å²) in [6.07, 6.45) is -0.176. The zero-order valence-electron chi connectivity index (χ0n) is 15.4. The summed E-state index contributed by atoms with van der Waals surface area (Å²) in [4.78, 5) is 2.83. The summed E-state index contributed by atoms with van der Waals surface area (Å²) < 4.78 is 17.0. The van der Waals surface area contributed by atoms with E-state index < -0.39 is 0 Å². The van der Waals surface area contributed by atoms with Crippen LogP contribution in [0.1, 0.15) is 20.8 Å². The minimum atomic E-state index is -0.126. The Balaban J connectivity index is 1.38. The number of aliphatic hydroxyl groups excluding tert-OH is 2. The summed E-state index contributed by atoms with van der Waals surface area (Å²) in [7, 11) is 0. The van der Waals surface area contributed by atoms with Crippen LogP contribution in [-0.4, -0.2) is 99.8 Å². The molecule has 3 atom stereocenters. The fourth-order valence-electron chi connectivity index (χ4n) is 3.12. The van der Waals surface area contributed by atoms with Gasteiger partial charge in [0.15, 0.2) is 12.2 Å². The lowest BCUT2D eigenvalue weighted by Gasteiger charge is -2.36. The van der Waals surface area contributed by atoms with Gasteiger partial charge < -0.3 is 34.2 Å². The molecule has 0 aromatic carbocycles. The van der Waals surface area contributed by atoms with Crippen LogP contribution in [-0.2, 0) is 14.2 Å². The Morgan fingerprint density at radius 3 is 1.75 bits per heavy atom. The molecule has 0 aromatic rings. The van der Waals surface area contributed by atoms with Crippen molar-refractivity contribution in [2.24, 2.45) is 0 Å². The molecule has 0 aromatic heterocycles. The molecule has 2 saturated heterocycles. The van der Waals surface area contributed by atoms with Gasteiger partial charge in [-0.2, -0.15) is 0 Å². The molecule has 0 saturated carbocycles. The molecule has 7 heteroatoms. The zero-order chi connectivity index (χ0) is 17.5. The maximum Gasteiger partial charge on any atom is 0.152 e. The number of rotatable bonds is 12. The van der Waals surface area contributed by atoms with Crippen molar-refractivity contribution in [3.8, 4) is 0 Å². The Bertz CT molecular complexity index is 348. The first kappa shape index (κ1) is 20.0. The number of likely N-dealkylation sites (tertiary alicyclic amines) is 2. The summed E-state index contributed by atoms with van der Waals surface area (Å²) in [5, 5.41) is 18.6. The van der Waals surface area contributed by atoms with Crippen LogP contribution in [0.2, 0.25) is 0 Å². The van der Waals surface area contributed by atoms with Crippen LogP contribution in [0.4, 0.5) is 0 Å². The van der Waals surface area contributed by atoms with Gasteiger partial charge in [0.1, 0.15) is 38.3 Å². The van der Waals surface area contributed by atoms with Crippen molar-refractivity contribution in [2.75, 3.05) is 59.2 Å². The molecule has 0 bridgehead atoms. The van der Waals surface area contributed by atoms with Crippen LogP contribution in [0.5, 0.6) is 0 Å². The maximum atomic E-state index is 9.32. The summed E-state index contributed by atoms with van der Waals surface area (Å²) in [5.74, 6) is 0. The van der Waals surface area contributed by atoms with E-state index in [0.29, 0.717) is 45.1 Å². The third-order valence-corrected chi connectivity index (χ3v) is 5.11. The van der Waals surface area contributed by atoms with Gasteiger partial charge >= 0.3 is 0 Å². The summed E-state index contributed by atoms with van der Waals surface area (Å²) in [6, 6.07) is 0.850. The molecule has 4 N–H and O–H groups in total. The first-order chi connectivity index (χ1) is 11.5. The predicted octanol–water partition coefficient (Wildman–Crippen LogP) is -3.28. The van der Waals surface area contributed by atoms with Crippen molar-refractivity contribution in [3.05, 3.63) is 0 Å². The Labute approximate surface area is 145 Å². The summed E-state index contributed by atoms with van der Waals surface area (Å²) in [5.41, 5.74) is 0. The van der Waals surface area contributed by atoms with Crippen LogP contribution < -0.4 is 9.80 Å². The molecule has 0 amide bonds. The minimum absolute atomic E-state index is 0.0731. The SMILES string of the molecule is CC(COCCOCC(C)[NH+]1CC(O)C1)OCC(C)[NH+]1CC(O)C1. The second kappa shape index (κ2) is 10.0. The molecule has 24 heavy (non-hydrogen) atoms. The van der Waals surface area contributed by atoms with E-state index in [0.717, 1.165) is 26.2 Å². The van der Waals surface area contributed by atoms with Crippen molar-refractivity contribution in [2.45, 2.75) is 51.2 Å². The molecule has 7 nitrogen and oxygen atoms in total. The smallest absolute Gasteiger partial charge is 0.152 e. The number of hydrogen-bond donors (Lipinski definition) is 4. The lowest BCUT2D eigenvalue weighted by atomic mass is 10.1. The van der Waals surface area contributed by atoms with Gasteiger partial charge in [-0.25, -0.2) is 0 Å². The fourth-order valence-corrected chi connectivity index (χ4v) is 3.12. The van der Waals surface area contributed by atoms with E-state index in [1.807, 2.05) is 6.92 Å². The Morgan fingerprint density at radius 1 is 0.792 bits per heavy atom. The van der Waals surface area contributed by atoms with Gasteiger partial charge in [0, 0.05) is 0 Å². The molecule has 2 fully saturated rings. The molecule has 0 spiro atoms. The Hall–Kier alpha value is -0.280. The quantitative estimate of drug-likeness (QED) is 0.278. The third-order valence-electron chi connectivity index (χ3n) is 5.11. The number of aliphatic hydroxyl groups is 2. The van der Waals surface area contributed by atoms with E-state index in [4.69, 9.17) is 14.2 Å². The van der Waals surface area contributed by atoms with E-state index in [9.17, 15) is 10.2 Å². The average molecular weight is 348 g/mol. The highest BCUT2D eigenvalue weighted by Gasteiger charge is 2.34. The monoisotopic (exact) mass is 348 g/mol. The van der Waals surface area contributed by atoms with E-state index >= 15 is 0 Å². The lowest BCUT2D eigenvalue weighted by molar-refractivity contribution is -0.970. The highest BCUT2D eigenvalue weighted by Crippen LogP contribution is 1.96. The molecule has 3 unspecified atom stereocenters. The molecule has 2 heterocycles. The van der Waals surface area contributed by atoms with Crippen LogP contribution in [0.15, 0.2) is 0 Å². The van der Waals surface area contributed by atoms with Gasteiger partial charge in [-0.05, 0) is 20.8 Å². The third kappa shape index (κ3) is 6.55. The fraction of sp³-hybridized carbons (Fsp3) is 1.00. The van der Waals surface area contributed by atoms with Crippen LogP contribution in [0, 0.1) is 0 Å². The standard InChI is InChI=1S/C17H34N2O5/c1-13(18-6-16(20)7-18)10-22-4-5-23-12-15(3)24-11-14(2)19-8-17(21)9-19/h13-17,20-21H,4-12H2,1-3H3/p+2. The second-order valence-corrected chi connectivity index (χ2v) is 7.54. The van der Waals surface area contributed by atoms with Crippen molar-refractivity contribution >= 4 is 0 Å². The molecule has 0 radical (unpaired) electrons. The van der Waals surface area contributed by atoms with E-state index in [-0.39, 0.29) is 18.3 Å². The topological polar surface area (TPSA) is 77.0 Å². The maximum absolute atomic E-state index is 9.32. The molecular weight excluding hydrogens is 312 g/mol. The van der Waals surface area contributed by atoms with Crippen molar-refractivity contribution in [1.29, 1.82) is 0 Å². The molecule has 2 aliphatic heterocycles.